The van der Waals surface area contributed by atoms with Crippen LogP contribution in [-0.4, -0.2) is 76.7 Å². The number of benzene rings is 1. The highest BCUT2D eigenvalue weighted by molar-refractivity contribution is 5.94. The molecule has 0 spiro atoms. The van der Waals surface area contributed by atoms with E-state index in [4.69, 9.17) is 17.2 Å². The fourth-order valence-electron chi connectivity index (χ4n) is 3.53. The molecular formula is C25H41N7O6. The summed E-state index contributed by atoms with van der Waals surface area (Å²) in [4.78, 5) is 54.6. The summed E-state index contributed by atoms with van der Waals surface area (Å²) in [5.41, 5.74) is 17.2. The molecule has 11 N–H and O–H groups in total. The number of nitrogens with two attached hydrogens (primary N) is 3. The highest BCUT2D eigenvalue weighted by Gasteiger charge is 2.32. The van der Waals surface area contributed by atoms with E-state index < -0.39 is 54.0 Å². The molecule has 0 fully saturated rings. The zero-order valence-electron chi connectivity index (χ0n) is 22.1. The van der Waals surface area contributed by atoms with E-state index in [0.717, 1.165) is 5.56 Å². The fraction of sp³-hybridized carbons (Fsp3) is 0.560. The van der Waals surface area contributed by atoms with Gasteiger partial charge in [-0.05, 0) is 31.2 Å². The molecule has 0 heterocycles. The van der Waals surface area contributed by atoms with Gasteiger partial charge >= 0.3 is 5.97 Å². The molecule has 6 atom stereocenters. The normalized spacial score (nSPS) is 15.6. The van der Waals surface area contributed by atoms with Gasteiger partial charge < -0.3 is 43.4 Å². The van der Waals surface area contributed by atoms with Crippen LogP contribution in [0.15, 0.2) is 35.3 Å². The van der Waals surface area contributed by atoms with Gasteiger partial charge in [-0.15, -0.1) is 0 Å². The Hall–Kier alpha value is -3.71. The summed E-state index contributed by atoms with van der Waals surface area (Å²) in [5.74, 6) is -3.80. The van der Waals surface area contributed by atoms with Crippen molar-refractivity contribution in [3.63, 3.8) is 0 Å². The molecule has 212 valence electrons. The predicted octanol–water partition coefficient (Wildman–Crippen LogP) is -1.42. The zero-order chi connectivity index (χ0) is 28.8. The van der Waals surface area contributed by atoms with Crippen LogP contribution < -0.4 is 33.2 Å². The molecule has 0 saturated carbocycles. The van der Waals surface area contributed by atoms with Gasteiger partial charge in [0.25, 0.3) is 0 Å². The Kier molecular flexibility index (Phi) is 13.8. The van der Waals surface area contributed by atoms with Gasteiger partial charge in [0, 0.05) is 13.0 Å². The Morgan fingerprint density at radius 3 is 2.05 bits per heavy atom. The number of nitrogens with zero attached hydrogens (tertiary/aromatic N) is 1. The number of nitrogens with one attached hydrogen (secondary N) is 3. The maximum atomic E-state index is 13.3. The molecule has 13 heteroatoms. The van der Waals surface area contributed by atoms with Crippen LogP contribution in [0, 0.1) is 5.92 Å². The van der Waals surface area contributed by atoms with Gasteiger partial charge in [0.2, 0.25) is 17.7 Å². The first-order valence-corrected chi connectivity index (χ1v) is 12.5. The van der Waals surface area contributed by atoms with E-state index in [1.165, 1.54) is 6.92 Å². The molecule has 1 aromatic carbocycles. The molecule has 0 aliphatic rings. The van der Waals surface area contributed by atoms with E-state index in [1.54, 1.807) is 44.2 Å². The van der Waals surface area contributed by atoms with Crippen LogP contribution in [0.3, 0.4) is 0 Å². The van der Waals surface area contributed by atoms with E-state index in [0.29, 0.717) is 12.8 Å². The summed E-state index contributed by atoms with van der Waals surface area (Å²) >= 11 is 0. The minimum Gasteiger partial charge on any atom is -0.480 e. The van der Waals surface area contributed by atoms with Crippen LogP contribution in [0.25, 0.3) is 0 Å². The Balaban J connectivity index is 3.17. The second-order valence-electron chi connectivity index (χ2n) is 9.24. The quantitative estimate of drug-likeness (QED) is 0.0703. The number of aliphatic hydroxyl groups excluding tert-OH is 1. The number of carbonyl (C=O) groups is 4. The fourth-order valence-corrected chi connectivity index (χ4v) is 3.53. The lowest BCUT2D eigenvalue weighted by Gasteiger charge is -2.27. The smallest absolute Gasteiger partial charge is 0.326 e. The average Bonchev–Trinajstić information content (AvgIpc) is 2.87. The lowest BCUT2D eigenvalue weighted by Crippen LogP contribution is -2.59. The Morgan fingerprint density at radius 2 is 1.53 bits per heavy atom. The van der Waals surface area contributed by atoms with Crippen LogP contribution in [0.5, 0.6) is 0 Å². The lowest BCUT2D eigenvalue weighted by molar-refractivity contribution is -0.144. The summed E-state index contributed by atoms with van der Waals surface area (Å²) in [6.45, 7) is 5.03. The molecule has 0 saturated heterocycles. The summed E-state index contributed by atoms with van der Waals surface area (Å²) < 4.78 is 0. The standard InChI is InChI=1S/C25H41N7O6/c1-4-14(2)20(24(37)38)32-21(34)17(11-8-12-29-25(27)28)30-22(35)18(13-16-9-6-5-7-10-16)31-23(36)19(26)15(3)33/h5-7,9-10,14-15,17-20,33H,4,8,11-13,26H2,1-3H3,(H,30,35)(H,31,36)(H,32,34)(H,37,38)(H4,27,28,29). The van der Waals surface area contributed by atoms with Crippen molar-refractivity contribution < 1.29 is 29.4 Å². The maximum absolute atomic E-state index is 13.3. The summed E-state index contributed by atoms with van der Waals surface area (Å²) in [7, 11) is 0. The number of hydrogen-bond acceptors (Lipinski definition) is 7. The molecule has 3 amide bonds. The average molecular weight is 536 g/mol. The number of carbonyl (C=O) groups excluding carboxylic acids is 3. The minimum atomic E-state index is -1.27. The van der Waals surface area contributed by atoms with Crippen molar-refractivity contribution in [2.75, 3.05) is 6.54 Å². The van der Waals surface area contributed by atoms with Crippen molar-refractivity contribution in [3.8, 4) is 0 Å². The van der Waals surface area contributed by atoms with Crippen LogP contribution in [0.4, 0.5) is 0 Å². The van der Waals surface area contributed by atoms with Crippen LogP contribution >= 0.6 is 0 Å². The van der Waals surface area contributed by atoms with Gasteiger partial charge in [-0.1, -0.05) is 50.6 Å². The number of aliphatic carboxylic acids is 1. The van der Waals surface area contributed by atoms with E-state index in [9.17, 15) is 29.4 Å². The molecule has 0 aromatic heterocycles. The SMILES string of the molecule is CCC(C)C(NC(=O)C(CCCN=C(N)N)NC(=O)C(Cc1ccccc1)NC(=O)C(N)C(C)O)C(=O)O. The number of hydrogen-bond donors (Lipinski definition) is 8. The van der Waals surface area contributed by atoms with Crippen LogP contribution in [-0.2, 0) is 25.6 Å². The number of amides is 3. The minimum absolute atomic E-state index is 0.0813. The third kappa shape index (κ3) is 11.1. The molecule has 6 unspecified atom stereocenters. The highest BCUT2D eigenvalue weighted by atomic mass is 16.4. The third-order valence-corrected chi connectivity index (χ3v) is 6.09. The summed E-state index contributed by atoms with van der Waals surface area (Å²) in [6, 6.07) is 4.18. The van der Waals surface area contributed by atoms with Gasteiger partial charge in [0.1, 0.15) is 24.2 Å². The lowest BCUT2D eigenvalue weighted by atomic mass is 9.98. The highest BCUT2D eigenvalue weighted by Crippen LogP contribution is 2.10. The molecule has 1 rings (SSSR count). The Morgan fingerprint density at radius 1 is 0.947 bits per heavy atom. The molecule has 0 aliphatic heterocycles. The molecule has 1 aromatic rings. The van der Waals surface area contributed by atoms with Crippen LogP contribution in [0.1, 0.15) is 45.6 Å². The summed E-state index contributed by atoms with van der Waals surface area (Å²) in [6.07, 6.45) is -0.163. The summed E-state index contributed by atoms with van der Waals surface area (Å²) in [5, 5.41) is 26.9. The molecule has 0 radical (unpaired) electrons. The number of aliphatic hydroxyl groups is 1. The molecular weight excluding hydrogens is 494 g/mol. The first-order valence-electron chi connectivity index (χ1n) is 12.5. The maximum Gasteiger partial charge on any atom is 0.326 e. The molecule has 38 heavy (non-hydrogen) atoms. The molecule has 0 aliphatic carbocycles. The van der Waals surface area contributed by atoms with Crippen molar-refractivity contribution in [1.29, 1.82) is 0 Å². The van der Waals surface area contributed by atoms with Crippen molar-refractivity contribution in [2.45, 2.75) is 76.7 Å². The van der Waals surface area contributed by atoms with Crippen molar-refractivity contribution in [1.82, 2.24) is 16.0 Å². The van der Waals surface area contributed by atoms with E-state index in [1.807, 2.05) is 0 Å². The topological polar surface area (TPSA) is 235 Å². The van der Waals surface area contributed by atoms with Gasteiger partial charge in [0.15, 0.2) is 5.96 Å². The van der Waals surface area contributed by atoms with Gasteiger partial charge in [-0.3, -0.25) is 19.4 Å². The predicted molar refractivity (Wildman–Crippen MR) is 143 cm³/mol. The number of guanidine groups is 1. The first kappa shape index (κ1) is 32.3. The van der Waals surface area contributed by atoms with Gasteiger partial charge in [-0.2, -0.15) is 0 Å². The molecule has 0 bridgehead atoms. The largest absolute Gasteiger partial charge is 0.480 e. The number of aliphatic imine (C=N–C) groups is 1. The third-order valence-electron chi connectivity index (χ3n) is 6.09. The van der Waals surface area contributed by atoms with Crippen molar-refractivity contribution >= 4 is 29.7 Å². The van der Waals surface area contributed by atoms with Crippen molar-refractivity contribution in [3.05, 3.63) is 35.9 Å². The zero-order valence-corrected chi connectivity index (χ0v) is 22.1. The molecule has 13 nitrogen and oxygen atoms in total. The first-order chi connectivity index (χ1) is 17.9. The van der Waals surface area contributed by atoms with E-state index in [-0.39, 0.29) is 31.3 Å². The number of carboxylic acids is 1. The van der Waals surface area contributed by atoms with Gasteiger partial charge in [0.05, 0.1) is 6.10 Å². The second-order valence-corrected chi connectivity index (χ2v) is 9.24. The number of rotatable bonds is 16. The van der Waals surface area contributed by atoms with E-state index in [2.05, 4.69) is 20.9 Å². The van der Waals surface area contributed by atoms with Crippen LogP contribution in [0.2, 0.25) is 0 Å². The van der Waals surface area contributed by atoms with E-state index >= 15 is 0 Å². The number of carboxylic acid groups (broad SMARTS) is 1. The van der Waals surface area contributed by atoms with Crippen molar-refractivity contribution in [2.24, 2.45) is 28.1 Å². The van der Waals surface area contributed by atoms with Gasteiger partial charge in [-0.25, -0.2) is 4.79 Å². The second kappa shape index (κ2) is 16.2. The monoisotopic (exact) mass is 535 g/mol. The Bertz CT molecular complexity index is 953. The Labute approximate surface area is 222 Å².